The monoisotopic (exact) mass is 314 g/mol. The van der Waals surface area contributed by atoms with Crippen molar-refractivity contribution in [3.05, 3.63) is 34.6 Å². The second-order valence-electron chi connectivity index (χ2n) is 5.55. The first-order valence-corrected chi connectivity index (χ1v) is 7.96. The van der Waals surface area contributed by atoms with Gasteiger partial charge in [0.2, 0.25) is 0 Å². The summed E-state index contributed by atoms with van der Waals surface area (Å²) in [5.41, 5.74) is 1.00. The molecule has 1 heterocycles. The van der Waals surface area contributed by atoms with Gasteiger partial charge in [0.15, 0.2) is 0 Å². The summed E-state index contributed by atoms with van der Waals surface area (Å²) in [4.78, 5) is 2.45. The molecule has 0 radical (unpaired) electrons. The smallest absolute Gasteiger partial charge is 0.124 e. The first-order valence-electron chi connectivity index (χ1n) is 7.58. The van der Waals surface area contributed by atoms with Crippen molar-refractivity contribution in [3.8, 4) is 0 Å². The van der Waals surface area contributed by atoms with E-state index < -0.39 is 0 Å². The Kier molecular flexibility index (Phi) is 6.90. The summed E-state index contributed by atoms with van der Waals surface area (Å²) >= 11 is 6.14. The van der Waals surface area contributed by atoms with Gasteiger partial charge < -0.3 is 10.1 Å². The van der Waals surface area contributed by atoms with Crippen molar-refractivity contribution < 1.29 is 9.13 Å². The van der Waals surface area contributed by atoms with Gasteiger partial charge in [0.25, 0.3) is 0 Å². The summed E-state index contributed by atoms with van der Waals surface area (Å²) in [5.74, 6) is -0.278. The number of methoxy groups -OCH3 is 1. The van der Waals surface area contributed by atoms with Crippen molar-refractivity contribution in [2.75, 3.05) is 33.4 Å². The minimum Gasteiger partial charge on any atom is -0.383 e. The molecule has 1 N–H and O–H groups in total. The Balaban J connectivity index is 1.91. The molecule has 21 heavy (non-hydrogen) atoms. The topological polar surface area (TPSA) is 24.5 Å². The fourth-order valence-electron chi connectivity index (χ4n) is 2.81. The van der Waals surface area contributed by atoms with Gasteiger partial charge in [-0.05, 0) is 37.1 Å². The van der Waals surface area contributed by atoms with Crippen LogP contribution in [-0.4, -0.2) is 44.3 Å². The van der Waals surface area contributed by atoms with Gasteiger partial charge in [-0.2, -0.15) is 0 Å². The maximum Gasteiger partial charge on any atom is 0.124 e. The molecule has 1 saturated heterocycles. The van der Waals surface area contributed by atoms with Gasteiger partial charge in [-0.25, -0.2) is 4.39 Å². The van der Waals surface area contributed by atoms with Gasteiger partial charge in [-0.15, -0.1) is 0 Å². The number of rotatable bonds is 7. The summed E-state index contributed by atoms with van der Waals surface area (Å²) in [5, 5.41) is 3.96. The number of benzene rings is 1. The first-order chi connectivity index (χ1) is 10.2. The minimum absolute atomic E-state index is 0.278. The van der Waals surface area contributed by atoms with Crippen molar-refractivity contribution in [3.63, 3.8) is 0 Å². The second-order valence-corrected chi connectivity index (χ2v) is 5.96. The lowest BCUT2D eigenvalue weighted by Gasteiger charge is -2.36. The number of nitrogens with one attached hydrogen (secondary N) is 1. The van der Waals surface area contributed by atoms with Crippen molar-refractivity contribution in [1.82, 2.24) is 10.2 Å². The molecule has 1 aliphatic heterocycles. The zero-order chi connectivity index (χ0) is 15.1. The minimum atomic E-state index is -0.278. The van der Waals surface area contributed by atoms with Crippen LogP contribution in [0.4, 0.5) is 4.39 Å². The Morgan fingerprint density at radius 2 is 2.29 bits per heavy atom. The number of halogens is 2. The predicted molar refractivity (Wildman–Crippen MR) is 84.2 cm³/mol. The normalized spacial score (nSPS) is 19.9. The average molecular weight is 315 g/mol. The van der Waals surface area contributed by atoms with E-state index >= 15 is 0 Å². The fourth-order valence-corrected chi connectivity index (χ4v) is 3.04. The van der Waals surface area contributed by atoms with Crippen LogP contribution in [-0.2, 0) is 11.3 Å². The van der Waals surface area contributed by atoms with Crippen molar-refractivity contribution >= 4 is 11.6 Å². The van der Waals surface area contributed by atoms with Crippen LogP contribution >= 0.6 is 11.6 Å². The number of piperidine rings is 1. The maximum absolute atomic E-state index is 13.1. The van der Waals surface area contributed by atoms with Crippen LogP contribution in [0.1, 0.15) is 24.8 Å². The van der Waals surface area contributed by atoms with Gasteiger partial charge in [0.05, 0.1) is 6.61 Å². The van der Waals surface area contributed by atoms with Gasteiger partial charge in [0.1, 0.15) is 5.82 Å². The van der Waals surface area contributed by atoms with E-state index in [0.717, 1.165) is 38.3 Å². The van der Waals surface area contributed by atoms with E-state index in [0.29, 0.717) is 11.1 Å². The molecule has 1 aromatic rings. The van der Waals surface area contributed by atoms with Crippen LogP contribution in [0.3, 0.4) is 0 Å². The molecule has 3 nitrogen and oxygen atoms in total. The fraction of sp³-hybridized carbons (Fsp3) is 0.625. The molecule has 1 aromatic carbocycles. The molecule has 1 fully saturated rings. The highest BCUT2D eigenvalue weighted by Crippen LogP contribution is 2.23. The molecule has 2 rings (SSSR count). The average Bonchev–Trinajstić information content (AvgIpc) is 2.48. The molecule has 1 aliphatic rings. The quantitative estimate of drug-likeness (QED) is 0.783. The number of hydrogen-bond donors (Lipinski definition) is 1. The number of likely N-dealkylation sites (tertiary alicyclic amines) is 1. The summed E-state index contributed by atoms with van der Waals surface area (Å²) in [7, 11) is 1.71. The molecular weight excluding hydrogens is 291 g/mol. The molecular formula is C16H24ClFN2O. The Hall–Kier alpha value is -0.680. The van der Waals surface area contributed by atoms with Gasteiger partial charge >= 0.3 is 0 Å². The van der Waals surface area contributed by atoms with E-state index in [-0.39, 0.29) is 5.82 Å². The molecule has 5 heteroatoms. The van der Waals surface area contributed by atoms with Gasteiger partial charge in [-0.3, -0.25) is 4.90 Å². The SMILES string of the molecule is COCCNCC1CCCCN1Cc1ccc(F)cc1Cl. The number of nitrogens with zero attached hydrogens (tertiary/aromatic N) is 1. The van der Waals surface area contributed by atoms with Crippen LogP contribution in [0.25, 0.3) is 0 Å². The zero-order valence-electron chi connectivity index (χ0n) is 12.6. The number of ether oxygens (including phenoxy) is 1. The molecule has 0 saturated carbocycles. The van der Waals surface area contributed by atoms with Crippen LogP contribution in [0.15, 0.2) is 18.2 Å². The highest BCUT2D eigenvalue weighted by atomic mass is 35.5. The lowest BCUT2D eigenvalue weighted by molar-refractivity contribution is 0.133. The molecule has 0 aliphatic carbocycles. The lowest BCUT2D eigenvalue weighted by atomic mass is 10.0. The second kappa shape index (κ2) is 8.69. The third-order valence-electron chi connectivity index (χ3n) is 4.00. The third-order valence-corrected chi connectivity index (χ3v) is 4.35. The Labute approximate surface area is 131 Å². The molecule has 1 unspecified atom stereocenters. The van der Waals surface area contributed by atoms with E-state index in [1.54, 1.807) is 13.2 Å². The summed E-state index contributed by atoms with van der Waals surface area (Å²) < 4.78 is 18.2. The van der Waals surface area contributed by atoms with Gasteiger partial charge in [0, 0.05) is 37.8 Å². The molecule has 0 bridgehead atoms. The van der Waals surface area contributed by atoms with E-state index in [2.05, 4.69) is 10.2 Å². The highest BCUT2D eigenvalue weighted by molar-refractivity contribution is 6.31. The third kappa shape index (κ3) is 5.22. The summed E-state index contributed by atoms with van der Waals surface area (Å²) in [6, 6.07) is 5.18. The Morgan fingerprint density at radius 3 is 3.05 bits per heavy atom. The largest absolute Gasteiger partial charge is 0.383 e. The summed E-state index contributed by atoms with van der Waals surface area (Å²) in [6.07, 6.45) is 3.68. The Morgan fingerprint density at radius 1 is 1.43 bits per heavy atom. The van der Waals surface area contributed by atoms with E-state index in [4.69, 9.17) is 16.3 Å². The first kappa shape index (κ1) is 16.7. The zero-order valence-corrected chi connectivity index (χ0v) is 13.3. The predicted octanol–water partition coefficient (Wildman–Crippen LogP) is 3.07. The Bertz CT molecular complexity index is 444. The van der Waals surface area contributed by atoms with E-state index in [1.165, 1.54) is 31.4 Å². The van der Waals surface area contributed by atoms with Crippen LogP contribution in [0, 0.1) is 5.82 Å². The van der Waals surface area contributed by atoms with Crippen molar-refractivity contribution in [2.24, 2.45) is 0 Å². The molecule has 118 valence electrons. The molecule has 1 atom stereocenters. The standard InChI is InChI=1S/C16H24ClFN2O/c1-21-9-7-19-11-15-4-2-3-8-20(15)12-13-5-6-14(18)10-16(13)17/h5-6,10,15,19H,2-4,7-9,11-12H2,1H3. The van der Waals surface area contributed by atoms with E-state index in [9.17, 15) is 4.39 Å². The molecule has 0 aromatic heterocycles. The summed E-state index contributed by atoms with van der Waals surface area (Å²) in [6.45, 7) is 4.43. The molecule has 0 amide bonds. The molecule has 0 spiro atoms. The van der Waals surface area contributed by atoms with Crippen LogP contribution < -0.4 is 5.32 Å². The van der Waals surface area contributed by atoms with E-state index in [1.807, 2.05) is 0 Å². The lowest BCUT2D eigenvalue weighted by Crippen LogP contribution is -2.45. The maximum atomic E-state index is 13.1. The van der Waals surface area contributed by atoms with Crippen molar-refractivity contribution in [1.29, 1.82) is 0 Å². The highest BCUT2D eigenvalue weighted by Gasteiger charge is 2.22. The van der Waals surface area contributed by atoms with Crippen LogP contribution in [0.2, 0.25) is 5.02 Å². The van der Waals surface area contributed by atoms with Crippen LogP contribution in [0.5, 0.6) is 0 Å². The van der Waals surface area contributed by atoms with Gasteiger partial charge in [-0.1, -0.05) is 24.1 Å². The number of hydrogen-bond acceptors (Lipinski definition) is 3. The van der Waals surface area contributed by atoms with Crippen molar-refractivity contribution in [2.45, 2.75) is 31.8 Å².